The lowest BCUT2D eigenvalue weighted by Crippen LogP contribution is -2.38. The molecular weight excluding hydrogens is 258 g/mol. The minimum absolute atomic E-state index is 0.408. The van der Waals surface area contributed by atoms with Crippen LogP contribution in [0.3, 0.4) is 0 Å². The van der Waals surface area contributed by atoms with Crippen LogP contribution >= 0.6 is 0 Å². The van der Waals surface area contributed by atoms with Gasteiger partial charge in [0.25, 0.3) is 0 Å². The second-order valence-electron chi connectivity index (χ2n) is 5.10. The van der Waals surface area contributed by atoms with Gasteiger partial charge in [0, 0.05) is 6.07 Å². The number of methoxy groups -OCH3 is 1. The van der Waals surface area contributed by atoms with Crippen molar-refractivity contribution < 1.29 is 9.26 Å². The Kier molecular flexibility index (Phi) is 3.35. The zero-order valence-electron chi connectivity index (χ0n) is 11.4. The highest BCUT2D eigenvalue weighted by Gasteiger charge is 2.35. The maximum atomic E-state index is 6.37. The lowest BCUT2D eigenvalue weighted by molar-refractivity contribution is 0.220. The summed E-state index contributed by atoms with van der Waals surface area (Å²) in [6, 6.07) is 3.45. The number of aromatic nitrogens is 4. The van der Waals surface area contributed by atoms with E-state index in [1.54, 1.807) is 12.1 Å². The van der Waals surface area contributed by atoms with Gasteiger partial charge in [0.15, 0.2) is 0 Å². The molecule has 106 valence electrons. The molecule has 0 unspecified atom stereocenters. The Labute approximate surface area is 116 Å². The minimum atomic E-state index is -0.497. The minimum Gasteiger partial charge on any atom is -0.480 e. The number of hydrogen-bond acceptors (Lipinski definition) is 7. The van der Waals surface area contributed by atoms with Gasteiger partial charge in [-0.25, -0.2) is 0 Å². The summed E-state index contributed by atoms with van der Waals surface area (Å²) in [6.45, 7) is 0. The van der Waals surface area contributed by atoms with Crippen molar-refractivity contribution in [3.8, 4) is 17.4 Å². The molecule has 0 spiro atoms. The van der Waals surface area contributed by atoms with Crippen LogP contribution in [0.5, 0.6) is 5.88 Å². The Morgan fingerprint density at radius 3 is 2.65 bits per heavy atom. The van der Waals surface area contributed by atoms with Crippen molar-refractivity contribution in [2.24, 2.45) is 5.73 Å². The van der Waals surface area contributed by atoms with Crippen molar-refractivity contribution in [1.29, 1.82) is 0 Å². The maximum absolute atomic E-state index is 6.37. The monoisotopic (exact) mass is 275 g/mol. The lowest BCUT2D eigenvalue weighted by Gasteiger charge is -2.29. The molecule has 0 amide bonds. The fourth-order valence-corrected chi connectivity index (χ4v) is 2.47. The van der Waals surface area contributed by atoms with E-state index in [0.29, 0.717) is 23.3 Å². The van der Waals surface area contributed by atoms with E-state index in [0.717, 1.165) is 25.7 Å². The van der Waals surface area contributed by atoms with E-state index < -0.39 is 5.54 Å². The predicted octanol–water partition coefficient (Wildman–Crippen LogP) is 1.65. The number of ether oxygens (including phenoxy) is 1. The van der Waals surface area contributed by atoms with E-state index in [2.05, 4.69) is 20.3 Å². The second kappa shape index (κ2) is 5.16. The van der Waals surface area contributed by atoms with Crippen molar-refractivity contribution in [1.82, 2.24) is 20.3 Å². The van der Waals surface area contributed by atoms with E-state index in [-0.39, 0.29) is 0 Å². The first-order valence-electron chi connectivity index (χ1n) is 6.72. The average Bonchev–Trinajstić information content (AvgIpc) is 2.99. The molecule has 0 radical (unpaired) electrons. The molecule has 3 rings (SSSR count). The third kappa shape index (κ3) is 2.36. The largest absolute Gasteiger partial charge is 0.480 e. The van der Waals surface area contributed by atoms with Crippen molar-refractivity contribution >= 4 is 0 Å². The first-order chi connectivity index (χ1) is 9.71. The second-order valence-corrected chi connectivity index (χ2v) is 5.10. The van der Waals surface area contributed by atoms with Gasteiger partial charge in [-0.1, -0.05) is 24.4 Å². The molecule has 0 saturated heterocycles. The van der Waals surface area contributed by atoms with Crippen LogP contribution in [0.4, 0.5) is 0 Å². The summed E-state index contributed by atoms with van der Waals surface area (Å²) >= 11 is 0. The van der Waals surface area contributed by atoms with Gasteiger partial charge in [-0.05, 0) is 18.9 Å². The average molecular weight is 275 g/mol. The summed E-state index contributed by atoms with van der Waals surface area (Å²) in [6.07, 6.45) is 5.16. The SMILES string of the molecule is COc1ccc(-c2noc(C3(N)CCCCC3)n2)nn1. The highest BCUT2D eigenvalue weighted by Crippen LogP contribution is 2.34. The molecule has 1 aliphatic carbocycles. The topological polar surface area (TPSA) is 100.0 Å². The number of hydrogen-bond donors (Lipinski definition) is 1. The Bertz CT molecular complexity index is 575. The molecule has 2 heterocycles. The summed E-state index contributed by atoms with van der Waals surface area (Å²) in [5.74, 6) is 1.34. The van der Waals surface area contributed by atoms with Crippen LogP contribution in [0.1, 0.15) is 38.0 Å². The van der Waals surface area contributed by atoms with Gasteiger partial charge in [0.1, 0.15) is 5.69 Å². The van der Waals surface area contributed by atoms with Gasteiger partial charge in [-0.15, -0.1) is 10.2 Å². The van der Waals surface area contributed by atoms with E-state index in [9.17, 15) is 0 Å². The van der Waals surface area contributed by atoms with Crippen LogP contribution in [-0.4, -0.2) is 27.4 Å². The van der Waals surface area contributed by atoms with E-state index in [1.807, 2.05) is 0 Å². The Balaban J connectivity index is 1.85. The summed E-state index contributed by atoms with van der Waals surface area (Å²) < 4.78 is 10.3. The molecule has 1 fully saturated rings. The molecule has 0 aliphatic heterocycles. The van der Waals surface area contributed by atoms with Gasteiger partial charge >= 0.3 is 0 Å². The molecule has 0 aromatic carbocycles. The normalized spacial score (nSPS) is 17.9. The highest BCUT2D eigenvalue weighted by atomic mass is 16.5. The third-order valence-electron chi connectivity index (χ3n) is 3.68. The fraction of sp³-hybridized carbons (Fsp3) is 0.538. The van der Waals surface area contributed by atoms with Gasteiger partial charge in [0.2, 0.25) is 17.6 Å². The lowest BCUT2D eigenvalue weighted by atomic mass is 9.82. The zero-order chi connectivity index (χ0) is 14.0. The Morgan fingerprint density at radius 2 is 2.00 bits per heavy atom. The van der Waals surface area contributed by atoms with Crippen LogP contribution in [0.2, 0.25) is 0 Å². The predicted molar refractivity (Wildman–Crippen MR) is 70.8 cm³/mol. The first kappa shape index (κ1) is 13.0. The fourth-order valence-electron chi connectivity index (χ4n) is 2.47. The summed E-state index contributed by atoms with van der Waals surface area (Å²) in [5, 5.41) is 11.8. The van der Waals surface area contributed by atoms with Crippen molar-refractivity contribution in [3.63, 3.8) is 0 Å². The molecule has 20 heavy (non-hydrogen) atoms. The quantitative estimate of drug-likeness (QED) is 0.908. The molecule has 2 N–H and O–H groups in total. The van der Waals surface area contributed by atoms with Crippen LogP contribution in [-0.2, 0) is 5.54 Å². The van der Waals surface area contributed by atoms with E-state index >= 15 is 0 Å². The van der Waals surface area contributed by atoms with Gasteiger partial charge < -0.3 is 15.0 Å². The van der Waals surface area contributed by atoms with Gasteiger partial charge in [-0.3, -0.25) is 0 Å². The summed E-state index contributed by atoms with van der Waals surface area (Å²) in [5.41, 5.74) is 6.41. The molecular formula is C13H17N5O2. The van der Waals surface area contributed by atoms with Crippen LogP contribution in [0.15, 0.2) is 16.7 Å². The summed E-state index contributed by atoms with van der Waals surface area (Å²) in [4.78, 5) is 4.39. The van der Waals surface area contributed by atoms with Crippen molar-refractivity contribution in [3.05, 3.63) is 18.0 Å². The summed E-state index contributed by atoms with van der Waals surface area (Å²) in [7, 11) is 1.54. The van der Waals surface area contributed by atoms with Gasteiger partial charge in [0.05, 0.1) is 12.6 Å². The van der Waals surface area contributed by atoms with E-state index in [4.69, 9.17) is 15.0 Å². The first-order valence-corrected chi connectivity index (χ1v) is 6.72. The van der Waals surface area contributed by atoms with Gasteiger partial charge in [-0.2, -0.15) is 4.98 Å². The molecule has 1 saturated carbocycles. The molecule has 7 heteroatoms. The molecule has 0 bridgehead atoms. The molecule has 2 aromatic heterocycles. The zero-order valence-corrected chi connectivity index (χ0v) is 11.4. The smallest absolute Gasteiger partial charge is 0.247 e. The molecule has 2 aromatic rings. The highest BCUT2D eigenvalue weighted by molar-refractivity contribution is 5.47. The van der Waals surface area contributed by atoms with E-state index in [1.165, 1.54) is 13.5 Å². The Morgan fingerprint density at radius 1 is 1.20 bits per heavy atom. The van der Waals surface area contributed by atoms with Crippen molar-refractivity contribution in [2.45, 2.75) is 37.6 Å². The standard InChI is InChI=1S/C13H17N5O2/c1-19-10-6-5-9(16-17-10)11-15-12(20-18-11)13(14)7-3-2-4-8-13/h5-6H,2-4,7-8,14H2,1H3. The maximum Gasteiger partial charge on any atom is 0.247 e. The molecule has 1 aliphatic rings. The molecule has 7 nitrogen and oxygen atoms in total. The van der Waals surface area contributed by atoms with Crippen molar-refractivity contribution in [2.75, 3.05) is 7.11 Å². The Hall–Kier alpha value is -2.02. The third-order valence-corrected chi connectivity index (χ3v) is 3.68. The van der Waals surface area contributed by atoms with Crippen LogP contribution in [0.25, 0.3) is 11.5 Å². The number of nitrogens with zero attached hydrogens (tertiary/aromatic N) is 4. The van der Waals surface area contributed by atoms with Crippen LogP contribution in [0, 0.1) is 0 Å². The number of nitrogens with two attached hydrogens (primary N) is 1. The number of rotatable bonds is 3. The molecule has 0 atom stereocenters. The van der Waals surface area contributed by atoms with Crippen LogP contribution < -0.4 is 10.5 Å².